The van der Waals surface area contributed by atoms with E-state index >= 15 is 0 Å². The zero-order chi connectivity index (χ0) is 7.94. The summed E-state index contributed by atoms with van der Waals surface area (Å²) in [6, 6.07) is 10.1. The third-order valence-electron chi connectivity index (χ3n) is 1.23. The Hall–Kier alpha value is 0.195. The van der Waals surface area contributed by atoms with Gasteiger partial charge in [-0.05, 0) is 0 Å². The molecule has 0 aromatic heterocycles. The molecule has 2 heteroatoms. The Kier molecular flexibility index (Phi) is 4.89. The van der Waals surface area contributed by atoms with Gasteiger partial charge in [-0.3, -0.25) is 0 Å². The molecule has 0 radical (unpaired) electrons. The Morgan fingerprint density at radius 2 is 2.00 bits per heavy atom. The second-order valence-corrected chi connectivity index (χ2v) is 12.5. The fraction of sp³-hybridized carbons (Fsp3) is 0.111. The van der Waals surface area contributed by atoms with E-state index in [1.165, 1.54) is 0 Å². The van der Waals surface area contributed by atoms with Crippen LogP contribution in [0.5, 0.6) is 0 Å². The van der Waals surface area contributed by atoms with Gasteiger partial charge in [0.25, 0.3) is 0 Å². The Labute approximate surface area is 85.1 Å². The molecule has 0 unspecified atom stereocenters. The summed E-state index contributed by atoms with van der Waals surface area (Å²) in [6.07, 6.45) is 0. The van der Waals surface area contributed by atoms with Gasteiger partial charge in [0.1, 0.15) is 0 Å². The molecule has 11 heavy (non-hydrogen) atoms. The quantitative estimate of drug-likeness (QED) is 0.507. The third kappa shape index (κ3) is 3.93. The van der Waals surface area contributed by atoms with Crippen molar-refractivity contribution in [1.82, 2.24) is 0 Å². The summed E-state index contributed by atoms with van der Waals surface area (Å²) in [6.45, 7) is 0. The Balaban J connectivity index is 2.59. The molecule has 0 fully saturated rings. The summed E-state index contributed by atoms with van der Waals surface area (Å²) in [5, 5.41) is 0. The van der Waals surface area contributed by atoms with Crippen LogP contribution in [0.1, 0.15) is 5.56 Å². The van der Waals surface area contributed by atoms with Gasteiger partial charge in [0.05, 0.1) is 0 Å². The Morgan fingerprint density at radius 3 is 2.64 bits per heavy atom. The van der Waals surface area contributed by atoms with E-state index in [2.05, 4.69) is 23.7 Å². The monoisotopic (exact) mass is 396 g/mol. The number of hydrogen-bond donors (Lipinski definition) is 0. The molecule has 1 rings (SSSR count). The summed E-state index contributed by atoms with van der Waals surface area (Å²) in [4.78, 5) is 0. The molecular weight excluding hydrogens is 389 g/mol. The van der Waals surface area contributed by atoms with Crippen LogP contribution in [-0.4, -0.2) is 0 Å². The van der Waals surface area contributed by atoms with Gasteiger partial charge in [-0.15, -0.1) is 0 Å². The SMILES string of the molecule is [Br][Hg][CH2]C#Cc1ccccc1. The first-order chi connectivity index (χ1) is 5.43. The van der Waals surface area contributed by atoms with Crippen LogP contribution in [0.4, 0.5) is 0 Å². The molecular formula is C9H7BrHg. The molecule has 0 nitrogen and oxygen atoms in total. The number of halogens is 1. The minimum absolute atomic E-state index is 0.672. The molecule has 1 aromatic rings. The maximum absolute atomic E-state index is 3.54. The second kappa shape index (κ2) is 5.80. The first kappa shape index (κ1) is 9.28. The molecule has 0 bridgehead atoms. The van der Waals surface area contributed by atoms with Crippen molar-refractivity contribution in [3.8, 4) is 11.8 Å². The fourth-order valence-electron chi connectivity index (χ4n) is 0.733. The van der Waals surface area contributed by atoms with E-state index in [-0.39, 0.29) is 0 Å². The molecule has 0 aliphatic carbocycles. The molecule has 0 heterocycles. The van der Waals surface area contributed by atoms with E-state index in [4.69, 9.17) is 0 Å². The van der Waals surface area contributed by atoms with Crippen molar-refractivity contribution in [3.05, 3.63) is 35.9 Å². The van der Waals surface area contributed by atoms with Gasteiger partial charge in [0.2, 0.25) is 0 Å². The minimum atomic E-state index is -0.672. The molecule has 0 N–H and O–H groups in total. The normalized spacial score (nSPS) is 7.73. The van der Waals surface area contributed by atoms with E-state index in [0.717, 1.165) is 9.49 Å². The summed E-state index contributed by atoms with van der Waals surface area (Å²) in [5.41, 5.74) is 1.13. The standard InChI is InChI=1S/C9H7.BrH.Hg/c1-2-6-9-7-4-3-5-8-9;;/h3-5,7-8H,1H2;1H;/q;;+1/p-1. The van der Waals surface area contributed by atoms with Crippen molar-refractivity contribution in [2.45, 2.75) is 3.93 Å². The second-order valence-electron chi connectivity index (χ2n) is 2.11. The van der Waals surface area contributed by atoms with Crippen LogP contribution >= 0.6 is 11.9 Å². The molecule has 0 saturated carbocycles. The van der Waals surface area contributed by atoms with Crippen molar-refractivity contribution in [2.24, 2.45) is 0 Å². The van der Waals surface area contributed by atoms with Crippen LogP contribution in [0.15, 0.2) is 30.3 Å². The first-order valence-electron chi connectivity index (χ1n) is 3.53. The maximum atomic E-state index is 3.54. The molecule has 0 saturated heterocycles. The van der Waals surface area contributed by atoms with Gasteiger partial charge in [-0.2, -0.15) is 0 Å². The van der Waals surface area contributed by atoms with Crippen LogP contribution < -0.4 is 0 Å². The molecule has 0 aliphatic rings. The van der Waals surface area contributed by atoms with E-state index in [1.54, 1.807) is 0 Å². The van der Waals surface area contributed by atoms with Gasteiger partial charge in [-0.1, -0.05) is 0 Å². The van der Waals surface area contributed by atoms with Crippen molar-refractivity contribution < 1.29 is 22.1 Å². The van der Waals surface area contributed by atoms with Crippen LogP contribution in [0.3, 0.4) is 0 Å². The van der Waals surface area contributed by atoms with Gasteiger partial charge in [0.15, 0.2) is 0 Å². The van der Waals surface area contributed by atoms with Gasteiger partial charge >= 0.3 is 85.7 Å². The van der Waals surface area contributed by atoms with E-state index in [9.17, 15) is 0 Å². The Bertz CT molecular complexity index is 258. The van der Waals surface area contributed by atoms with Crippen molar-refractivity contribution >= 4 is 11.9 Å². The van der Waals surface area contributed by atoms with Crippen LogP contribution in [0, 0.1) is 11.8 Å². The first-order valence-corrected chi connectivity index (χ1v) is 19.3. The van der Waals surface area contributed by atoms with Crippen molar-refractivity contribution in [1.29, 1.82) is 0 Å². The van der Waals surface area contributed by atoms with Gasteiger partial charge < -0.3 is 0 Å². The van der Waals surface area contributed by atoms with Gasteiger partial charge in [-0.25, -0.2) is 0 Å². The predicted molar refractivity (Wildman–Crippen MR) is 47.1 cm³/mol. The summed E-state index contributed by atoms with van der Waals surface area (Å²) >= 11 is 2.87. The zero-order valence-electron chi connectivity index (χ0n) is 6.18. The molecule has 0 spiro atoms. The zero-order valence-corrected chi connectivity index (χ0v) is 13.3. The van der Waals surface area contributed by atoms with E-state index in [1.807, 2.05) is 30.3 Å². The molecule has 0 amide bonds. The number of hydrogen-bond acceptors (Lipinski definition) is 0. The average molecular weight is 396 g/mol. The van der Waals surface area contributed by atoms with Crippen LogP contribution in [0.2, 0.25) is 3.93 Å². The molecule has 52 valence electrons. The van der Waals surface area contributed by atoms with Gasteiger partial charge in [0, 0.05) is 0 Å². The van der Waals surface area contributed by atoms with Crippen LogP contribution in [0.25, 0.3) is 0 Å². The Morgan fingerprint density at radius 1 is 1.27 bits per heavy atom. The summed E-state index contributed by atoms with van der Waals surface area (Å²) < 4.78 is 1.13. The van der Waals surface area contributed by atoms with Crippen LogP contribution in [-0.2, 0) is 22.1 Å². The summed E-state index contributed by atoms with van der Waals surface area (Å²) in [5.74, 6) is 6.27. The predicted octanol–water partition coefficient (Wildman–Crippen LogP) is 2.85. The van der Waals surface area contributed by atoms with Crippen molar-refractivity contribution in [2.75, 3.05) is 0 Å². The fourth-order valence-corrected chi connectivity index (χ4v) is 3.33. The molecule has 1 aromatic carbocycles. The van der Waals surface area contributed by atoms with E-state index in [0.29, 0.717) is 0 Å². The van der Waals surface area contributed by atoms with E-state index < -0.39 is 22.1 Å². The van der Waals surface area contributed by atoms with Crippen molar-refractivity contribution in [3.63, 3.8) is 0 Å². The molecule has 0 atom stereocenters. The summed E-state index contributed by atoms with van der Waals surface area (Å²) in [7, 11) is 0. The third-order valence-corrected chi connectivity index (χ3v) is 6.41. The number of rotatable bonds is 1. The topological polar surface area (TPSA) is 0 Å². The average Bonchev–Trinajstić information content (AvgIpc) is 2.07. The molecule has 0 aliphatic heterocycles. The number of benzene rings is 1.